The van der Waals surface area contributed by atoms with E-state index in [2.05, 4.69) is 15.0 Å². The molecule has 5 rings (SSSR count). The highest BCUT2D eigenvalue weighted by molar-refractivity contribution is 7.90. The molecule has 0 amide bonds. The van der Waals surface area contributed by atoms with Gasteiger partial charge in [0.15, 0.2) is 11.5 Å². The smallest absolute Gasteiger partial charge is 0.359 e. The Morgan fingerprint density at radius 2 is 2.03 bits per heavy atom. The van der Waals surface area contributed by atoms with Crippen molar-refractivity contribution in [3.63, 3.8) is 0 Å². The molecule has 3 aromatic rings. The van der Waals surface area contributed by atoms with E-state index in [4.69, 9.17) is 14.2 Å². The van der Waals surface area contributed by atoms with Crippen molar-refractivity contribution < 1.29 is 18.8 Å². The first-order valence-electron chi connectivity index (χ1n) is 10.8. The lowest BCUT2D eigenvalue weighted by molar-refractivity contribution is -0.317. The molecule has 1 saturated carbocycles. The summed E-state index contributed by atoms with van der Waals surface area (Å²) >= 11 is -1.07. The molecule has 1 aromatic carbocycles. The van der Waals surface area contributed by atoms with Crippen LogP contribution in [0.2, 0.25) is 0 Å². The van der Waals surface area contributed by atoms with Crippen LogP contribution in [0, 0.1) is 12.8 Å². The average Bonchev–Trinajstić information content (AvgIpc) is 3.20. The normalized spacial score (nSPS) is 19.4. The fourth-order valence-electron chi connectivity index (χ4n) is 3.99. The van der Waals surface area contributed by atoms with Crippen molar-refractivity contribution in [3.05, 3.63) is 47.8 Å². The molecular formula is C23H28N3O4S+. The summed E-state index contributed by atoms with van der Waals surface area (Å²) in [7, 11) is 0. The quantitative estimate of drug-likeness (QED) is 0.532. The Hall–Kier alpha value is -2.13. The zero-order chi connectivity index (χ0) is 21.3. The van der Waals surface area contributed by atoms with E-state index in [1.54, 1.807) is 6.20 Å². The molecule has 0 radical (unpaired) electrons. The van der Waals surface area contributed by atoms with Gasteiger partial charge in [-0.25, -0.2) is 0 Å². The first-order chi connectivity index (χ1) is 15.1. The maximum atomic E-state index is 10.7. The van der Waals surface area contributed by atoms with Gasteiger partial charge in [0.2, 0.25) is 11.2 Å². The Morgan fingerprint density at radius 3 is 2.77 bits per heavy atom. The molecule has 1 atom stereocenters. The Kier molecular flexibility index (Phi) is 5.88. The lowest BCUT2D eigenvalue weighted by atomic mass is 9.89. The van der Waals surface area contributed by atoms with Crippen LogP contribution in [0.1, 0.15) is 36.9 Å². The number of H-pyrrole nitrogens is 1. The van der Waals surface area contributed by atoms with E-state index < -0.39 is 11.2 Å². The lowest BCUT2D eigenvalue weighted by Crippen LogP contribution is -2.49. The number of hydrogen-bond acceptors (Lipinski definition) is 6. The second kappa shape index (κ2) is 8.78. The minimum absolute atomic E-state index is 0.268. The van der Waals surface area contributed by atoms with Gasteiger partial charge < -0.3 is 14.2 Å². The number of para-hydroxylation sites is 2. The summed E-state index contributed by atoms with van der Waals surface area (Å²) in [5.41, 5.74) is 3.55. The summed E-state index contributed by atoms with van der Waals surface area (Å²) in [5.74, 6) is 1.30. The highest BCUT2D eigenvalue weighted by Crippen LogP contribution is 2.40. The third kappa shape index (κ3) is 4.43. The molecule has 1 saturated heterocycles. The maximum absolute atomic E-state index is 10.7. The zero-order valence-corrected chi connectivity index (χ0v) is 18.5. The largest absolute Gasteiger partial charge is 0.493 e. The van der Waals surface area contributed by atoms with Crippen LogP contribution < -0.4 is 4.74 Å². The number of nitrogens with zero attached hydrogens (tertiary/aromatic N) is 2. The molecule has 1 aliphatic carbocycles. The Bertz CT molecular complexity index is 1010. The number of ether oxygens (including phenoxy) is 3. The minimum atomic E-state index is -1.07. The van der Waals surface area contributed by atoms with Crippen molar-refractivity contribution in [2.75, 3.05) is 19.8 Å². The standard InChI is InChI=1S/C23H28N3O4S/c1-16-20(15-31(27)22-25-18-5-2-3-6-19(18)26-22)24-11-7-21(16)28-12-8-17-13-29-23(30-14-17)9-4-10-23/h2-3,5-7,11,17,27H,4,8-10,12-15H2,1H3,(H,25,26)/q+1. The van der Waals surface area contributed by atoms with Gasteiger partial charge in [-0.15, -0.1) is 0 Å². The molecule has 7 nitrogen and oxygen atoms in total. The van der Waals surface area contributed by atoms with Crippen LogP contribution in [0.25, 0.3) is 11.0 Å². The Balaban J connectivity index is 1.17. The Labute approximate surface area is 184 Å². The Morgan fingerprint density at radius 1 is 1.23 bits per heavy atom. The van der Waals surface area contributed by atoms with Crippen LogP contribution in [0.4, 0.5) is 0 Å². The molecule has 8 heteroatoms. The van der Waals surface area contributed by atoms with Gasteiger partial charge in [0.05, 0.1) is 36.5 Å². The monoisotopic (exact) mass is 442 g/mol. The number of aromatic amines is 1. The van der Waals surface area contributed by atoms with E-state index in [9.17, 15) is 4.55 Å². The molecule has 0 bridgehead atoms. The summed E-state index contributed by atoms with van der Waals surface area (Å²) < 4.78 is 28.7. The van der Waals surface area contributed by atoms with Gasteiger partial charge in [0.25, 0.3) is 0 Å². The van der Waals surface area contributed by atoms with Crippen LogP contribution in [0.3, 0.4) is 0 Å². The maximum Gasteiger partial charge on any atom is 0.359 e. The number of aromatic nitrogens is 3. The summed E-state index contributed by atoms with van der Waals surface area (Å²) in [6, 6.07) is 9.65. The van der Waals surface area contributed by atoms with Crippen LogP contribution in [-0.2, 0) is 26.4 Å². The predicted octanol–water partition coefficient (Wildman–Crippen LogP) is 4.23. The minimum Gasteiger partial charge on any atom is -0.493 e. The zero-order valence-electron chi connectivity index (χ0n) is 17.7. The molecule has 164 valence electrons. The van der Waals surface area contributed by atoms with Crippen molar-refractivity contribution in [2.24, 2.45) is 5.92 Å². The van der Waals surface area contributed by atoms with E-state index in [1.807, 2.05) is 37.3 Å². The lowest BCUT2D eigenvalue weighted by Gasteiger charge is -2.46. The highest BCUT2D eigenvalue weighted by atomic mass is 32.2. The van der Waals surface area contributed by atoms with Crippen LogP contribution >= 0.6 is 0 Å². The van der Waals surface area contributed by atoms with Gasteiger partial charge >= 0.3 is 5.16 Å². The fraction of sp³-hybridized carbons (Fsp3) is 0.478. The average molecular weight is 443 g/mol. The van der Waals surface area contributed by atoms with Crippen molar-refractivity contribution in [2.45, 2.75) is 49.3 Å². The van der Waals surface area contributed by atoms with Crippen LogP contribution in [0.15, 0.2) is 41.7 Å². The molecule has 3 heterocycles. The van der Waals surface area contributed by atoms with E-state index >= 15 is 0 Å². The summed E-state index contributed by atoms with van der Waals surface area (Å²) in [5, 5.41) is 0.579. The van der Waals surface area contributed by atoms with Gasteiger partial charge in [-0.1, -0.05) is 12.1 Å². The van der Waals surface area contributed by atoms with Crippen molar-refractivity contribution in [1.29, 1.82) is 0 Å². The highest BCUT2D eigenvalue weighted by Gasteiger charge is 2.42. The number of benzene rings is 1. The first kappa shape index (κ1) is 20.8. The van der Waals surface area contributed by atoms with Crippen LogP contribution in [0.5, 0.6) is 5.75 Å². The molecular weight excluding hydrogens is 414 g/mol. The molecule has 2 aromatic heterocycles. The van der Waals surface area contributed by atoms with Gasteiger partial charge in [-0.3, -0.25) is 9.97 Å². The van der Waals surface area contributed by atoms with Gasteiger partial charge in [0, 0.05) is 30.5 Å². The third-order valence-corrected chi connectivity index (χ3v) is 7.37. The SMILES string of the molecule is Cc1c(OCCC2COC3(CCC3)OC2)ccnc1C[S+](O)c1nc2ccccc2[nH]1. The second-order valence-corrected chi connectivity index (χ2v) is 9.74. The molecule has 1 unspecified atom stereocenters. The van der Waals surface area contributed by atoms with E-state index in [-0.39, 0.29) is 5.79 Å². The second-order valence-electron chi connectivity index (χ2n) is 8.34. The molecule has 2 fully saturated rings. The fourth-order valence-corrected chi connectivity index (χ4v) is 5.10. The van der Waals surface area contributed by atoms with E-state index in [1.165, 1.54) is 6.42 Å². The van der Waals surface area contributed by atoms with Crippen molar-refractivity contribution >= 4 is 22.2 Å². The topological polar surface area (TPSA) is 89.5 Å². The molecule has 1 aliphatic heterocycles. The predicted molar refractivity (Wildman–Crippen MR) is 119 cm³/mol. The first-order valence-corrected chi connectivity index (χ1v) is 12.2. The van der Waals surface area contributed by atoms with Gasteiger partial charge in [-0.2, -0.15) is 9.54 Å². The third-order valence-electron chi connectivity index (χ3n) is 6.19. The van der Waals surface area contributed by atoms with Gasteiger partial charge in [-0.05, 0) is 38.0 Å². The summed E-state index contributed by atoms with van der Waals surface area (Å²) in [6.07, 6.45) is 5.87. The summed E-state index contributed by atoms with van der Waals surface area (Å²) in [6.45, 7) is 4.08. The number of hydrogen-bond donors (Lipinski definition) is 2. The number of fused-ring (bicyclic) bond motifs is 1. The molecule has 2 aliphatic rings. The van der Waals surface area contributed by atoms with E-state index in [0.717, 1.165) is 60.5 Å². The number of pyridine rings is 1. The van der Waals surface area contributed by atoms with Crippen LogP contribution in [-0.4, -0.2) is 45.1 Å². The van der Waals surface area contributed by atoms with Crippen molar-refractivity contribution in [3.8, 4) is 5.75 Å². The molecule has 2 N–H and O–H groups in total. The summed E-state index contributed by atoms with van der Waals surface area (Å²) in [4.78, 5) is 12.2. The molecule has 31 heavy (non-hydrogen) atoms. The molecule has 1 spiro atoms. The van der Waals surface area contributed by atoms with Crippen molar-refractivity contribution in [1.82, 2.24) is 15.0 Å². The van der Waals surface area contributed by atoms with E-state index in [0.29, 0.717) is 23.4 Å². The number of imidazole rings is 1. The van der Waals surface area contributed by atoms with Gasteiger partial charge in [0.1, 0.15) is 5.75 Å². The number of nitrogens with one attached hydrogen (secondary N) is 1. The number of rotatable bonds is 7.